The van der Waals surface area contributed by atoms with Crippen LogP contribution >= 0.6 is 0 Å². The van der Waals surface area contributed by atoms with E-state index < -0.39 is 5.97 Å². The molecule has 0 saturated carbocycles. The second-order valence-corrected chi connectivity index (χ2v) is 4.22. The molecule has 2 N–H and O–H groups in total. The predicted octanol–water partition coefficient (Wildman–Crippen LogP) is 2.69. The number of para-hydroxylation sites is 1. The minimum atomic E-state index is -0.890. The molecule has 0 radical (unpaired) electrons. The highest BCUT2D eigenvalue weighted by Crippen LogP contribution is 2.18. The Morgan fingerprint density at radius 3 is 2.78 bits per heavy atom. The summed E-state index contributed by atoms with van der Waals surface area (Å²) >= 11 is 0. The van der Waals surface area contributed by atoms with Crippen LogP contribution in [0.1, 0.15) is 19.3 Å². The minimum absolute atomic E-state index is 0.148. The van der Waals surface area contributed by atoms with Gasteiger partial charge in [0.1, 0.15) is 6.54 Å². The van der Waals surface area contributed by atoms with Gasteiger partial charge in [-0.05, 0) is 37.5 Å². The Balaban J connectivity index is 2.04. The van der Waals surface area contributed by atoms with Crippen LogP contribution in [0.5, 0.6) is 0 Å². The van der Waals surface area contributed by atoms with Crippen molar-refractivity contribution in [3.8, 4) is 0 Å². The molecule has 18 heavy (non-hydrogen) atoms. The van der Waals surface area contributed by atoms with E-state index >= 15 is 0 Å². The average Bonchev–Trinajstić information content (AvgIpc) is 2.38. The van der Waals surface area contributed by atoms with E-state index in [0.717, 1.165) is 36.4 Å². The van der Waals surface area contributed by atoms with Gasteiger partial charge in [-0.25, -0.2) is 0 Å². The molecular formula is C14H16N2O2. The van der Waals surface area contributed by atoms with Crippen LogP contribution in [0.25, 0.3) is 0 Å². The van der Waals surface area contributed by atoms with Gasteiger partial charge in [-0.2, -0.15) is 0 Å². The quantitative estimate of drug-likeness (QED) is 0.856. The van der Waals surface area contributed by atoms with Gasteiger partial charge < -0.3 is 10.4 Å². The molecule has 0 bridgehead atoms. The molecule has 1 aliphatic rings. The first-order chi connectivity index (χ1) is 8.74. The Morgan fingerprint density at radius 2 is 2.06 bits per heavy atom. The van der Waals surface area contributed by atoms with Gasteiger partial charge in [0.2, 0.25) is 0 Å². The highest BCUT2D eigenvalue weighted by molar-refractivity contribution is 5.97. The smallest absolute Gasteiger partial charge is 0.325 e. The lowest BCUT2D eigenvalue weighted by atomic mass is 10.0. The Labute approximate surface area is 106 Å². The lowest BCUT2D eigenvalue weighted by molar-refractivity contribution is -0.135. The van der Waals surface area contributed by atoms with E-state index in [1.165, 1.54) is 0 Å². The molecule has 2 rings (SSSR count). The van der Waals surface area contributed by atoms with Crippen molar-refractivity contribution >= 4 is 17.4 Å². The maximum atomic E-state index is 10.5. The largest absolute Gasteiger partial charge is 0.480 e. The fraction of sp³-hybridized carbons (Fsp3) is 0.286. The molecule has 0 atom stereocenters. The van der Waals surface area contributed by atoms with Crippen LogP contribution in [-0.2, 0) is 4.79 Å². The molecule has 1 aliphatic carbocycles. The number of carboxylic acids is 1. The standard InChI is InChI=1S/C14H16N2O2/c17-14(18)10-15-12-7-4-8-13(9-12)16-11-5-2-1-3-6-11/h1-3,5-6,9,16H,4,7-8,10H2,(H,17,18). The topological polar surface area (TPSA) is 61.7 Å². The predicted molar refractivity (Wildman–Crippen MR) is 71.9 cm³/mol. The number of benzene rings is 1. The number of rotatable bonds is 4. The normalized spacial score (nSPS) is 17.3. The molecule has 0 aromatic heterocycles. The lowest BCUT2D eigenvalue weighted by Crippen LogP contribution is -2.11. The van der Waals surface area contributed by atoms with Gasteiger partial charge in [-0.1, -0.05) is 18.2 Å². The molecule has 1 aromatic rings. The molecule has 4 nitrogen and oxygen atoms in total. The zero-order chi connectivity index (χ0) is 12.8. The van der Waals surface area contributed by atoms with Gasteiger partial charge in [0.15, 0.2) is 0 Å². The molecule has 0 aliphatic heterocycles. The highest BCUT2D eigenvalue weighted by Gasteiger charge is 2.09. The van der Waals surface area contributed by atoms with Crippen LogP contribution in [0, 0.1) is 0 Å². The van der Waals surface area contributed by atoms with Crippen molar-refractivity contribution in [2.24, 2.45) is 4.99 Å². The van der Waals surface area contributed by atoms with Crippen molar-refractivity contribution in [3.05, 3.63) is 42.1 Å². The maximum absolute atomic E-state index is 10.5. The van der Waals surface area contributed by atoms with Crippen molar-refractivity contribution in [2.45, 2.75) is 19.3 Å². The zero-order valence-corrected chi connectivity index (χ0v) is 10.1. The summed E-state index contributed by atoms with van der Waals surface area (Å²) in [5.41, 5.74) is 3.00. The third kappa shape index (κ3) is 3.73. The van der Waals surface area contributed by atoms with Crippen LogP contribution in [0.4, 0.5) is 5.69 Å². The number of nitrogens with zero attached hydrogens (tertiary/aromatic N) is 1. The molecule has 0 saturated heterocycles. The summed E-state index contributed by atoms with van der Waals surface area (Å²) < 4.78 is 0. The van der Waals surface area contributed by atoms with Crippen molar-refractivity contribution in [3.63, 3.8) is 0 Å². The van der Waals surface area contributed by atoms with E-state index in [0.29, 0.717) is 0 Å². The van der Waals surface area contributed by atoms with Gasteiger partial charge in [0.25, 0.3) is 0 Å². The molecule has 4 heteroatoms. The third-order valence-corrected chi connectivity index (χ3v) is 2.72. The zero-order valence-electron chi connectivity index (χ0n) is 10.1. The van der Waals surface area contributed by atoms with E-state index in [-0.39, 0.29) is 6.54 Å². The van der Waals surface area contributed by atoms with Crippen LogP contribution < -0.4 is 5.32 Å². The number of allylic oxidation sites excluding steroid dienone is 2. The Bertz CT molecular complexity index is 478. The number of aliphatic imine (C=N–C) groups is 1. The van der Waals surface area contributed by atoms with Crippen molar-refractivity contribution in [1.29, 1.82) is 0 Å². The summed E-state index contributed by atoms with van der Waals surface area (Å²) in [6.45, 7) is -0.148. The van der Waals surface area contributed by atoms with Crippen LogP contribution in [-0.4, -0.2) is 23.3 Å². The number of anilines is 1. The molecule has 0 amide bonds. The number of carboxylic acid groups (broad SMARTS) is 1. The molecule has 94 valence electrons. The fourth-order valence-corrected chi connectivity index (χ4v) is 1.90. The van der Waals surface area contributed by atoms with Crippen LogP contribution in [0.3, 0.4) is 0 Å². The summed E-state index contributed by atoms with van der Waals surface area (Å²) in [5.74, 6) is -0.890. The summed E-state index contributed by atoms with van der Waals surface area (Å²) in [4.78, 5) is 14.5. The second-order valence-electron chi connectivity index (χ2n) is 4.22. The van der Waals surface area contributed by atoms with Gasteiger partial charge in [0.05, 0.1) is 0 Å². The second kappa shape index (κ2) is 6.00. The molecule has 0 spiro atoms. The SMILES string of the molecule is O=C(O)CN=C1C=C(Nc2ccccc2)CCC1. The Kier molecular flexibility index (Phi) is 4.12. The summed E-state index contributed by atoms with van der Waals surface area (Å²) in [5, 5.41) is 11.9. The lowest BCUT2D eigenvalue weighted by Gasteiger charge is -2.16. The number of nitrogens with one attached hydrogen (secondary N) is 1. The summed E-state index contributed by atoms with van der Waals surface area (Å²) in [6, 6.07) is 9.93. The summed E-state index contributed by atoms with van der Waals surface area (Å²) in [7, 11) is 0. The van der Waals surface area contributed by atoms with Crippen molar-refractivity contribution in [1.82, 2.24) is 0 Å². The molecule has 1 aromatic carbocycles. The molecular weight excluding hydrogens is 228 g/mol. The number of aliphatic carboxylic acids is 1. The van der Waals surface area contributed by atoms with E-state index in [2.05, 4.69) is 10.3 Å². The monoisotopic (exact) mass is 244 g/mol. The first-order valence-corrected chi connectivity index (χ1v) is 6.02. The number of carbonyl (C=O) groups is 1. The van der Waals surface area contributed by atoms with E-state index in [1.54, 1.807) is 0 Å². The average molecular weight is 244 g/mol. The van der Waals surface area contributed by atoms with Crippen molar-refractivity contribution < 1.29 is 9.90 Å². The van der Waals surface area contributed by atoms with Crippen LogP contribution in [0.15, 0.2) is 47.1 Å². The molecule has 0 heterocycles. The Morgan fingerprint density at radius 1 is 1.28 bits per heavy atom. The van der Waals surface area contributed by atoms with Gasteiger partial charge >= 0.3 is 5.97 Å². The molecule has 0 unspecified atom stereocenters. The minimum Gasteiger partial charge on any atom is -0.480 e. The third-order valence-electron chi connectivity index (χ3n) is 2.72. The van der Waals surface area contributed by atoms with Crippen LogP contribution in [0.2, 0.25) is 0 Å². The van der Waals surface area contributed by atoms with E-state index in [4.69, 9.17) is 5.11 Å². The first kappa shape index (κ1) is 12.4. The fourth-order valence-electron chi connectivity index (χ4n) is 1.90. The van der Waals surface area contributed by atoms with E-state index in [9.17, 15) is 4.79 Å². The van der Waals surface area contributed by atoms with Gasteiger partial charge in [0, 0.05) is 17.1 Å². The van der Waals surface area contributed by atoms with Gasteiger partial charge in [-0.3, -0.25) is 9.79 Å². The Hall–Kier alpha value is -2.10. The molecule has 0 fully saturated rings. The first-order valence-electron chi connectivity index (χ1n) is 6.02. The van der Waals surface area contributed by atoms with Crippen molar-refractivity contribution in [2.75, 3.05) is 11.9 Å². The maximum Gasteiger partial charge on any atom is 0.325 e. The highest BCUT2D eigenvalue weighted by atomic mass is 16.4. The number of hydrogen-bond donors (Lipinski definition) is 2. The van der Waals surface area contributed by atoms with E-state index in [1.807, 2.05) is 36.4 Å². The number of hydrogen-bond acceptors (Lipinski definition) is 3. The van der Waals surface area contributed by atoms with Gasteiger partial charge in [-0.15, -0.1) is 0 Å². The summed E-state index contributed by atoms with van der Waals surface area (Å²) in [6.07, 6.45) is 4.79.